The van der Waals surface area contributed by atoms with E-state index in [-0.39, 0.29) is 5.56 Å². The molecule has 0 saturated heterocycles. The van der Waals surface area contributed by atoms with Gasteiger partial charge in [0.2, 0.25) is 0 Å². The molecule has 1 N–H and O–H groups in total. The van der Waals surface area contributed by atoms with Crippen LogP contribution in [0, 0.1) is 0 Å². The molecule has 2 aromatic rings. The average molecular weight is 257 g/mol. The molecular weight excluding hydrogens is 242 g/mol. The van der Waals surface area contributed by atoms with Crippen molar-refractivity contribution in [1.29, 1.82) is 0 Å². The molecule has 0 aliphatic heterocycles. The Morgan fingerprint density at radius 3 is 2.79 bits per heavy atom. The second-order valence-electron chi connectivity index (χ2n) is 4.11. The van der Waals surface area contributed by atoms with Crippen LogP contribution in [0.25, 0.3) is 11.1 Å². The summed E-state index contributed by atoms with van der Waals surface area (Å²) in [5, 5.41) is 9.19. The van der Waals surface area contributed by atoms with Crippen molar-refractivity contribution in [2.75, 3.05) is 7.11 Å². The highest BCUT2D eigenvalue weighted by molar-refractivity contribution is 5.95. The van der Waals surface area contributed by atoms with E-state index in [9.17, 15) is 9.90 Å². The van der Waals surface area contributed by atoms with Crippen LogP contribution in [-0.4, -0.2) is 23.2 Å². The van der Waals surface area contributed by atoms with Crippen LogP contribution in [0.1, 0.15) is 22.8 Å². The highest BCUT2D eigenvalue weighted by Crippen LogP contribution is 2.28. The summed E-state index contributed by atoms with van der Waals surface area (Å²) in [6.07, 6.45) is 3.79. The molecule has 1 aromatic heterocycles. The number of ether oxygens (including phenoxy) is 1. The number of nitrogens with zero attached hydrogens (tertiary/aromatic N) is 1. The van der Waals surface area contributed by atoms with Crippen LogP contribution in [0.4, 0.5) is 0 Å². The molecule has 0 atom stereocenters. The van der Waals surface area contributed by atoms with Gasteiger partial charge in [0.05, 0.1) is 12.7 Å². The molecule has 0 aliphatic carbocycles. The smallest absolute Gasteiger partial charge is 0.337 e. The molecule has 0 fully saturated rings. The Kier molecular flexibility index (Phi) is 3.80. The highest BCUT2D eigenvalue weighted by atomic mass is 16.5. The number of benzene rings is 1. The van der Waals surface area contributed by atoms with Gasteiger partial charge in [-0.15, -0.1) is 0 Å². The van der Waals surface area contributed by atoms with E-state index in [1.807, 2.05) is 25.1 Å². The minimum atomic E-state index is -0.975. The van der Waals surface area contributed by atoms with E-state index in [1.54, 1.807) is 19.4 Å². The van der Waals surface area contributed by atoms with Gasteiger partial charge >= 0.3 is 5.97 Å². The fourth-order valence-corrected chi connectivity index (χ4v) is 2.04. The fourth-order valence-electron chi connectivity index (χ4n) is 2.04. The third kappa shape index (κ3) is 2.57. The maximum absolute atomic E-state index is 11.2. The van der Waals surface area contributed by atoms with E-state index in [1.165, 1.54) is 6.20 Å². The summed E-state index contributed by atoms with van der Waals surface area (Å²) in [7, 11) is 1.63. The monoisotopic (exact) mass is 257 g/mol. The number of carboxylic acid groups (broad SMARTS) is 1. The summed E-state index contributed by atoms with van der Waals surface area (Å²) in [5.74, 6) is -0.158. The van der Waals surface area contributed by atoms with E-state index in [0.717, 1.165) is 23.3 Å². The first-order valence-corrected chi connectivity index (χ1v) is 6.02. The van der Waals surface area contributed by atoms with Gasteiger partial charge in [-0.3, -0.25) is 4.98 Å². The van der Waals surface area contributed by atoms with E-state index < -0.39 is 5.97 Å². The lowest BCUT2D eigenvalue weighted by Gasteiger charge is -2.10. The van der Waals surface area contributed by atoms with E-state index in [4.69, 9.17) is 4.74 Å². The third-order valence-electron chi connectivity index (χ3n) is 3.02. The predicted octanol–water partition coefficient (Wildman–Crippen LogP) is 3.02. The Labute approximate surface area is 111 Å². The molecule has 0 saturated carbocycles. The number of aromatic carboxylic acids is 1. The average Bonchev–Trinajstić information content (AvgIpc) is 2.46. The molecule has 0 unspecified atom stereocenters. The van der Waals surface area contributed by atoms with Gasteiger partial charge in [-0.1, -0.05) is 13.0 Å². The molecule has 0 aliphatic rings. The number of methoxy groups -OCH3 is 1. The van der Waals surface area contributed by atoms with Gasteiger partial charge in [0, 0.05) is 12.4 Å². The number of hydrogen-bond donors (Lipinski definition) is 1. The molecule has 2 rings (SSSR count). The number of pyridine rings is 1. The zero-order valence-corrected chi connectivity index (χ0v) is 10.9. The summed E-state index contributed by atoms with van der Waals surface area (Å²) in [5.41, 5.74) is 2.78. The molecule has 1 heterocycles. The van der Waals surface area contributed by atoms with Crippen LogP contribution in [-0.2, 0) is 6.42 Å². The van der Waals surface area contributed by atoms with Gasteiger partial charge in [0.25, 0.3) is 0 Å². The molecule has 4 nitrogen and oxygen atoms in total. The second kappa shape index (κ2) is 5.52. The molecule has 0 radical (unpaired) electrons. The van der Waals surface area contributed by atoms with Crippen molar-refractivity contribution >= 4 is 5.97 Å². The molecule has 0 spiro atoms. The molecule has 19 heavy (non-hydrogen) atoms. The maximum Gasteiger partial charge on any atom is 0.337 e. The first-order chi connectivity index (χ1) is 9.17. The van der Waals surface area contributed by atoms with Gasteiger partial charge in [-0.25, -0.2) is 4.79 Å². The van der Waals surface area contributed by atoms with E-state index in [0.29, 0.717) is 5.56 Å². The van der Waals surface area contributed by atoms with Gasteiger partial charge in [0.1, 0.15) is 5.75 Å². The zero-order valence-electron chi connectivity index (χ0n) is 10.9. The van der Waals surface area contributed by atoms with Crippen molar-refractivity contribution < 1.29 is 14.6 Å². The molecule has 98 valence electrons. The van der Waals surface area contributed by atoms with Crippen LogP contribution in [0.5, 0.6) is 5.75 Å². The summed E-state index contributed by atoms with van der Waals surface area (Å²) < 4.78 is 5.28. The summed E-state index contributed by atoms with van der Waals surface area (Å²) in [4.78, 5) is 15.1. The lowest BCUT2D eigenvalue weighted by molar-refractivity contribution is 0.0697. The normalized spacial score (nSPS) is 10.2. The van der Waals surface area contributed by atoms with Crippen molar-refractivity contribution in [3.63, 3.8) is 0 Å². The van der Waals surface area contributed by atoms with Crippen LogP contribution in [0.2, 0.25) is 0 Å². The standard InChI is InChI=1S/C15H15NO3/c1-3-10-8-11(4-5-14(10)19-2)12-6-7-16-9-13(12)15(17)18/h4-9H,3H2,1-2H3,(H,17,18). The summed E-state index contributed by atoms with van der Waals surface area (Å²) >= 11 is 0. The Bertz CT molecular complexity index is 608. The van der Waals surface area contributed by atoms with Crippen molar-refractivity contribution in [1.82, 2.24) is 4.98 Å². The van der Waals surface area contributed by atoms with Crippen molar-refractivity contribution in [3.05, 3.63) is 47.8 Å². The first-order valence-electron chi connectivity index (χ1n) is 6.02. The number of carboxylic acids is 1. The molecule has 4 heteroatoms. The Morgan fingerprint density at radius 2 is 2.16 bits per heavy atom. The number of hydrogen-bond acceptors (Lipinski definition) is 3. The number of aromatic nitrogens is 1. The van der Waals surface area contributed by atoms with Gasteiger partial charge in [0.15, 0.2) is 0 Å². The predicted molar refractivity (Wildman–Crippen MR) is 72.6 cm³/mol. The maximum atomic E-state index is 11.2. The largest absolute Gasteiger partial charge is 0.496 e. The van der Waals surface area contributed by atoms with Crippen molar-refractivity contribution in [2.45, 2.75) is 13.3 Å². The number of rotatable bonds is 4. The molecular formula is C15H15NO3. The van der Waals surface area contributed by atoms with Gasteiger partial charge in [-0.2, -0.15) is 0 Å². The highest BCUT2D eigenvalue weighted by Gasteiger charge is 2.12. The van der Waals surface area contributed by atoms with Crippen LogP contribution in [0.3, 0.4) is 0 Å². The zero-order chi connectivity index (χ0) is 13.8. The topological polar surface area (TPSA) is 59.4 Å². The second-order valence-corrected chi connectivity index (χ2v) is 4.11. The van der Waals surface area contributed by atoms with Gasteiger partial charge < -0.3 is 9.84 Å². The lowest BCUT2D eigenvalue weighted by atomic mass is 9.98. The van der Waals surface area contributed by atoms with Crippen LogP contribution < -0.4 is 4.74 Å². The SMILES string of the molecule is CCc1cc(-c2ccncc2C(=O)O)ccc1OC. The Balaban J connectivity index is 2.56. The number of carbonyl (C=O) groups is 1. The molecule has 0 bridgehead atoms. The van der Waals surface area contributed by atoms with E-state index >= 15 is 0 Å². The Morgan fingerprint density at radius 1 is 1.37 bits per heavy atom. The summed E-state index contributed by atoms with van der Waals surface area (Å²) in [6.45, 7) is 2.03. The quantitative estimate of drug-likeness (QED) is 0.914. The van der Waals surface area contributed by atoms with E-state index in [2.05, 4.69) is 4.98 Å². The Hall–Kier alpha value is -2.36. The van der Waals surface area contributed by atoms with Crippen molar-refractivity contribution in [2.24, 2.45) is 0 Å². The number of aryl methyl sites for hydroxylation is 1. The molecule has 1 aromatic carbocycles. The van der Waals surface area contributed by atoms with Crippen molar-refractivity contribution in [3.8, 4) is 16.9 Å². The summed E-state index contributed by atoms with van der Waals surface area (Å²) in [6, 6.07) is 7.39. The first kappa shape index (κ1) is 13.1. The lowest BCUT2D eigenvalue weighted by Crippen LogP contribution is -2.00. The third-order valence-corrected chi connectivity index (χ3v) is 3.02. The van der Waals surface area contributed by atoms with Crippen LogP contribution >= 0.6 is 0 Å². The molecule has 0 amide bonds. The van der Waals surface area contributed by atoms with Crippen LogP contribution in [0.15, 0.2) is 36.7 Å². The minimum Gasteiger partial charge on any atom is -0.496 e. The van der Waals surface area contributed by atoms with Gasteiger partial charge in [-0.05, 0) is 41.3 Å². The minimum absolute atomic E-state index is 0.203. The fraction of sp³-hybridized carbons (Fsp3) is 0.200.